The lowest BCUT2D eigenvalue weighted by Crippen LogP contribution is -2.30. The summed E-state index contributed by atoms with van der Waals surface area (Å²) in [5, 5.41) is 2.41. The minimum Gasteiger partial charge on any atom is -0.399 e. The second-order valence-corrected chi connectivity index (χ2v) is 7.05. The monoisotopic (exact) mass is 355 g/mol. The quantitative estimate of drug-likeness (QED) is 0.668. The van der Waals surface area contributed by atoms with Crippen LogP contribution in [0.1, 0.15) is 26.5 Å². The van der Waals surface area contributed by atoms with E-state index in [-0.39, 0.29) is 5.91 Å². The molecule has 0 fully saturated rings. The maximum Gasteiger partial charge on any atom is 0.260 e. The summed E-state index contributed by atoms with van der Waals surface area (Å²) in [6.45, 7) is 0.511. The van der Waals surface area contributed by atoms with Gasteiger partial charge in [-0.15, -0.1) is 11.3 Å². The number of nitrogen functional groups attached to an aromatic ring is 1. The average Bonchev–Trinajstić information content (AvgIpc) is 2.93. The zero-order chi connectivity index (χ0) is 16.7. The number of benzene rings is 1. The van der Waals surface area contributed by atoms with E-state index in [2.05, 4.69) is 16.4 Å². The lowest BCUT2D eigenvalue weighted by Gasteiger charge is -2.23. The Morgan fingerprint density at radius 2 is 2.17 bits per heavy atom. The van der Waals surface area contributed by atoms with Gasteiger partial charge in [-0.25, -0.2) is 0 Å². The molecule has 2 N–H and O–H groups in total. The molecule has 0 saturated heterocycles. The number of halogens is 1. The molecule has 1 aliphatic rings. The van der Waals surface area contributed by atoms with Gasteiger partial charge in [0.05, 0.1) is 28.5 Å². The Labute approximate surface area is 148 Å². The number of nitrogens with two attached hydrogens (primary N) is 1. The summed E-state index contributed by atoms with van der Waals surface area (Å²) < 4.78 is 0. The van der Waals surface area contributed by atoms with Crippen molar-refractivity contribution in [1.82, 2.24) is 4.98 Å². The minimum atomic E-state index is -0.145. The van der Waals surface area contributed by atoms with Crippen molar-refractivity contribution < 1.29 is 4.79 Å². The molecule has 1 amide bonds. The van der Waals surface area contributed by atoms with E-state index < -0.39 is 0 Å². The number of anilines is 2. The van der Waals surface area contributed by atoms with Crippen LogP contribution in [0.4, 0.5) is 11.4 Å². The molecule has 0 spiro atoms. The maximum absolute atomic E-state index is 13.2. The molecule has 4 nitrogen and oxygen atoms in total. The number of thiophene rings is 1. The molecule has 0 bridgehead atoms. The van der Waals surface area contributed by atoms with Gasteiger partial charge in [-0.2, -0.15) is 0 Å². The van der Waals surface area contributed by atoms with Crippen molar-refractivity contribution in [2.24, 2.45) is 0 Å². The van der Waals surface area contributed by atoms with E-state index >= 15 is 0 Å². The van der Waals surface area contributed by atoms with Gasteiger partial charge in [-0.3, -0.25) is 9.78 Å². The second-order valence-electron chi connectivity index (χ2n) is 5.65. The molecule has 24 heavy (non-hydrogen) atoms. The van der Waals surface area contributed by atoms with Crippen molar-refractivity contribution in [2.45, 2.75) is 13.0 Å². The molecular formula is C18H14ClN3OS. The zero-order valence-electron chi connectivity index (χ0n) is 12.7. The van der Waals surface area contributed by atoms with Crippen molar-refractivity contribution >= 4 is 40.2 Å². The van der Waals surface area contributed by atoms with Crippen LogP contribution in [0.5, 0.6) is 0 Å². The molecule has 1 aromatic carbocycles. The van der Waals surface area contributed by atoms with Crippen molar-refractivity contribution in [3.8, 4) is 0 Å². The molecule has 120 valence electrons. The highest BCUT2D eigenvalue weighted by Crippen LogP contribution is 2.33. The third kappa shape index (κ3) is 2.56. The molecule has 0 aliphatic carbocycles. The lowest BCUT2D eigenvalue weighted by molar-refractivity contribution is 0.0985. The van der Waals surface area contributed by atoms with Gasteiger partial charge >= 0.3 is 0 Å². The summed E-state index contributed by atoms with van der Waals surface area (Å²) in [6.07, 6.45) is 2.50. The third-order valence-electron chi connectivity index (χ3n) is 4.12. The fourth-order valence-corrected chi connectivity index (χ4v) is 4.08. The Balaban J connectivity index is 1.83. The first kappa shape index (κ1) is 15.2. The number of rotatable bonds is 1. The summed E-state index contributed by atoms with van der Waals surface area (Å²) in [4.78, 5) is 20.6. The smallest absolute Gasteiger partial charge is 0.260 e. The molecule has 0 unspecified atom stereocenters. The number of pyridine rings is 1. The number of carbonyl (C=O) groups excluding carboxylic acids is 1. The molecule has 3 aromatic rings. The normalized spacial score (nSPS) is 13.1. The standard InChI is InChI=1S/C18H14ClN3OS/c19-14-8-12(20)3-4-13(14)18(23)22-10-11-5-7-24-17(11)9-15-16(22)2-1-6-21-15/h1-8H,9-10,20H2. The maximum atomic E-state index is 13.2. The van der Waals surface area contributed by atoms with Crippen LogP contribution in [0.25, 0.3) is 0 Å². The average molecular weight is 356 g/mol. The third-order valence-corrected chi connectivity index (χ3v) is 5.40. The second kappa shape index (κ2) is 5.92. The van der Waals surface area contributed by atoms with Crippen LogP contribution in [-0.2, 0) is 13.0 Å². The number of hydrogen-bond acceptors (Lipinski definition) is 4. The van der Waals surface area contributed by atoms with E-state index in [1.807, 2.05) is 12.1 Å². The number of amides is 1. The van der Waals surface area contributed by atoms with E-state index in [0.717, 1.165) is 23.4 Å². The Morgan fingerprint density at radius 3 is 3.00 bits per heavy atom. The van der Waals surface area contributed by atoms with E-state index in [4.69, 9.17) is 17.3 Å². The van der Waals surface area contributed by atoms with Crippen LogP contribution in [0.3, 0.4) is 0 Å². The van der Waals surface area contributed by atoms with Gasteiger partial charge in [-0.1, -0.05) is 11.6 Å². The van der Waals surface area contributed by atoms with Gasteiger partial charge in [0.2, 0.25) is 0 Å². The molecular weight excluding hydrogens is 342 g/mol. The molecule has 3 heterocycles. The van der Waals surface area contributed by atoms with Gasteiger partial charge in [0.15, 0.2) is 0 Å². The van der Waals surface area contributed by atoms with E-state index in [0.29, 0.717) is 22.8 Å². The summed E-state index contributed by atoms with van der Waals surface area (Å²) in [7, 11) is 0. The van der Waals surface area contributed by atoms with E-state index in [9.17, 15) is 4.79 Å². The molecule has 0 saturated carbocycles. The van der Waals surface area contributed by atoms with Gasteiger partial charge in [-0.05, 0) is 47.3 Å². The van der Waals surface area contributed by atoms with Gasteiger partial charge < -0.3 is 10.6 Å². The highest BCUT2D eigenvalue weighted by atomic mass is 35.5. The number of carbonyl (C=O) groups is 1. The summed E-state index contributed by atoms with van der Waals surface area (Å²) in [6, 6.07) is 10.8. The fraction of sp³-hybridized carbons (Fsp3) is 0.111. The SMILES string of the molecule is Nc1ccc(C(=O)N2Cc3ccsc3Cc3ncccc32)c(Cl)c1. The van der Waals surface area contributed by atoms with Gasteiger partial charge in [0, 0.05) is 23.2 Å². The predicted octanol–water partition coefficient (Wildman–Crippen LogP) is 4.13. The van der Waals surface area contributed by atoms with Crippen LogP contribution >= 0.6 is 22.9 Å². The lowest BCUT2D eigenvalue weighted by atomic mass is 10.1. The summed E-state index contributed by atoms with van der Waals surface area (Å²) in [5.41, 5.74) is 9.60. The highest BCUT2D eigenvalue weighted by molar-refractivity contribution is 7.10. The van der Waals surface area contributed by atoms with Crippen molar-refractivity contribution in [3.05, 3.63) is 74.7 Å². The largest absolute Gasteiger partial charge is 0.399 e. The summed E-state index contributed by atoms with van der Waals surface area (Å²) >= 11 is 7.95. The van der Waals surface area contributed by atoms with Crippen LogP contribution in [-0.4, -0.2) is 10.9 Å². The van der Waals surface area contributed by atoms with Crippen molar-refractivity contribution in [2.75, 3.05) is 10.6 Å². The predicted molar refractivity (Wildman–Crippen MR) is 97.7 cm³/mol. The first-order valence-electron chi connectivity index (χ1n) is 7.49. The Morgan fingerprint density at radius 1 is 1.29 bits per heavy atom. The molecule has 6 heteroatoms. The van der Waals surface area contributed by atoms with Crippen molar-refractivity contribution in [3.63, 3.8) is 0 Å². The summed E-state index contributed by atoms with van der Waals surface area (Å²) in [5.74, 6) is -0.145. The van der Waals surface area contributed by atoms with E-state index in [1.54, 1.807) is 40.6 Å². The molecule has 0 radical (unpaired) electrons. The number of nitrogens with zero attached hydrogens (tertiary/aromatic N) is 2. The Kier molecular flexibility index (Phi) is 3.75. The topological polar surface area (TPSA) is 59.2 Å². The van der Waals surface area contributed by atoms with Crippen LogP contribution < -0.4 is 10.6 Å². The first-order chi connectivity index (χ1) is 11.6. The van der Waals surface area contributed by atoms with Gasteiger partial charge in [0.1, 0.15) is 0 Å². The highest BCUT2D eigenvalue weighted by Gasteiger charge is 2.27. The molecule has 2 aromatic heterocycles. The van der Waals surface area contributed by atoms with Crippen LogP contribution in [0.2, 0.25) is 5.02 Å². The number of hydrogen-bond donors (Lipinski definition) is 1. The Bertz CT molecular complexity index is 938. The first-order valence-corrected chi connectivity index (χ1v) is 8.75. The van der Waals surface area contributed by atoms with Crippen molar-refractivity contribution in [1.29, 1.82) is 0 Å². The minimum absolute atomic E-state index is 0.145. The molecule has 4 rings (SSSR count). The fourth-order valence-electron chi connectivity index (χ4n) is 2.91. The molecule has 1 aliphatic heterocycles. The van der Waals surface area contributed by atoms with E-state index in [1.165, 1.54) is 4.88 Å². The molecule has 0 atom stereocenters. The number of aromatic nitrogens is 1. The van der Waals surface area contributed by atoms with Gasteiger partial charge in [0.25, 0.3) is 5.91 Å². The number of fused-ring (bicyclic) bond motifs is 2. The van der Waals surface area contributed by atoms with Crippen LogP contribution in [0, 0.1) is 0 Å². The zero-order valence-corrected chi connectivity index (χ0v) is 14.3. The van der Waals surface area contributed by atoms with Crippen LogP contribution in [0.15, 0.2) is 48.0 Å². The Hall–Kier alpha value is -2.37.